The summed E-state index contributed by atoms with van der Waals surface area (Å²) in [4.78, 5) is 0. The van der Waals surface area contributed by atoms with Crippen molar-refractivity contribution in [3.8, 4) is 0 Å². The van der Waals surface area contributed by atoms with Gasteiger partial charge < -0.3 is 0 Å². The standard InChI is InChI=1S/C19H39/c1-6-8-9-10-14-19(16-18(5)7-2)15-12-11-13-17(3)4/h12,17-19H,6-11,13-16H2,1-5H3. The molecule has 0 aromatic carbocycles. The second-order valence-corrected chi connectivity index (χ2v) is 6.96. The van der Waals surface area contributed by atoms with Crippen molar-refractivity contribution in [2.45, 2.75) is 98.8 Å². The van der Waals surface area contributed by atoms with Gasteiger partial charge in [0.1, 0.15) is 0 Å². The van der Waals surface area contributed by atoms with Crippen LogP contribution in [0.25, 0.3) is 0 Å². The van der Waals surface area contributed by atoms with Gasteiger partial charge in [-0.05, 0) is 43.4 Å². The molecular weight excluding hydrogens is 228 g/mol. The Morgan fingerprint density at radius 1 is 0.895 bits per heavy atom. The first-order valence-electron chi connectivity index (χ1n) is 8.91. The van der Waals surface area contributed by atoms with E-state index < -0.39 is 0 Å². The van der Waals surface area contributed by atoms with Gasteiger partial charge in [-0.2, -0.15) is 0 Å². The molecule has 0 rings (SSSR count). The van der Waals surface area contributed by atoms with E-state index in [1.165, 1.54) is 64.2 Å². The van der Waals surface area contributed by atoms with Gasteiger partial charge in [0.05, 0.1) is 0 Å². The first kappa shape index (κ1) is 19.0. The molecule has 0 heterocycles. The topological polar surface area (TPSA) is 0 Å². The van der Waals surface area contributed by atoms with Crippen molar-refractivity contribution < 1.29 is 0 Å². The van der Waals surface area contributed by atoms with Crippen LogP contribution in [0.2, 0.25) is 0 Å². The van der Waals surface area contributed by atoms with Gasteiger partial charge in [0.2, 0.25) is 0 Å². The summed E-state index contributed by atoms with van der Waals surface area (Å²) in [7, 11) is 0. The zero-order valence-corrected chi connectivity index (χ0v) is 14.4. The Morgan fingerprint density at radius 3 is 2.21 bits per heavy atom. The lowest BCUT2D eigenvalue weighted by Crippen LogP contribution is -2.07. The normalized spacial score (nSPS) is 14.8. The second-order valence-electron chi connectivity index (χ2n) is 6.96. The molecule has 0 saturated carbocycles. The highest BCUT2D eigenvalue weighted by molar-refractivity contribution is 4.73. The smallest absolute Gasteiger partial charge is 0.0383 e. The Hall–Kier alpha value is 0. The van der Waals surface area contributed by atoms with E-state index in [1.54, 1.807) is 0 Å². The van der Waals surface area contributed by atoms with Gasteiger partial charge in [-0.1, -0.05) is 79.6 Å². The average Bonchev–Trinajstić information content (AvgIpc) is 2.38. The van der Waals surface area contributed by atoms with E-state index in [2.05, 4.69) is 41.0 Å². The minimum absolute atomic E-state index is 0.855. The lowest BCUT2D eigenvalue weighted by molar-refractivity contribution is 0.344. The van der Waals surface area contributed by atoms with E-state index in [0.717, 1.165) is 17.8 Å². The average molecular weight is 268 g/mol. The number of hydrogen-bond donors (Lipinski definition) is 0. The fourth-order valence-electron chi connectivity index (χ4n) is 2.73. The lowest BCUT2D eigenvalue weighted by Gasteiger charge is -2.20. The Morgan fingerprint density at radius 2 is 1.63 bits per heavy atom. The van der Waals surface area contributed by atoms with Crippen LogP contribution >= 0.6 is 0 Å². The van der Waals surface area contributed by atoms with Crippen LogP contribution in [0.5, 0.6) is 0 Å². The van der Waals surface area contributed by atoms with Crippen LogP contribution < -0.4 is 0 Å². The Bertz CT molecular complexity index is 171. The zero-order valence-electron chi connectivity index (χ0n) is 14.4. The van der Waals surface area contributed by atoms with Gasteiger partial charge in [0.25, 0.3) is 0 Å². The van der Waals surface area contributed by atoms with Crippen LogP contribution in [0, 0.1) is 24.2 Å². The molecule has 2 atom stereocenters. The lowest BCUT2D eigenvalue weighted by atomic mass is 9.86. The zero-order chi connectivity index (χ0) is 14.5. The van der Waals surface area contributed by atoms with E-state index >= 15 is 0 Å². The molecule has 0 N–H and O–H groups in total. The van der Waals surface area contributed by atoms with Gasteiger partial charge >= 0.3 is 0 Å². The molecule has 0 nitrogen and oxygen atoms in total. The van der Waals surface area contributed by atoms with Crippen LogP contribution in [0.4, 0.5) is 0 Å². The van der Waals surface area contributed by atoms with E-state index in [0.29, 0.717) is 0 Å². The highest BCUT2D eigenvalue weighted by Gasteiger charge is 2.12. The minimum Gasteiger partial charge on any atom is -0.0654 e. The molecule has 0 aromatic heterocycles. The van der Waals surface area contributed by atoms with Crippen molar-refractivity contribution in [2.24, 2.45) is 17.8 Å². The predicted molar refractivity (Wildman–Crippen MR) is 89.3 cm³/mol. The summed E-state index contributed by atoms with van der Waals surface area (Å²) in [6.07, 6.45) is 16.6. The largest absolute Gasteiger partial charge is 0.0654 e. The number of hydrogen-bond acceptors (Lipinski definition) is 0. The molecular formula is C19H39. The third-order valence-electron chi connectivity index (χ3n) is 4.35. The van der Waals surface area contributed by atoms with Crippen LogP contribution in [0.3, 0.4) is 0 Å². The van der Waals surface area contributed by atoms with E-state index in [4.69, 9.17) is 0 Å². The predicted octanol–water partition coefficient (Wildman–Crippen LogP) is 7.04. The van der Waals surface area contributed by atoms with Crippen LogP contribution in [-0.2, 0) is 0 Å². The van der Waals surface area contributed by atoms with Crippen molar-refractivity contribution in [1.29, 1.82) is 0 Å². The van der Waals surface area contributed by atoms with E-state index in [1.807, 2.05) is 0 Å². The fraction of sp³-hybridized carbons (Fsp3) is 0.947. The quantitative estimate of drug-likeness (QED) is 0.314. The molecule has 0 aliphatic rings. The summed E-state index contributed by atoms with van der Waals surface area (Å²) in [5, 5.41) is 0. The molecule has 0 spiro atoms. The summed E-state index contributed by atoms with van der Waals surface area (Å²) >= 11 is 0. The maximum atomic E-state index is 2.58. The summed E-state index contributed by atoms with van der Waals surface area (Å²) < 4.78 is 0. The SMILES string of the molecule is CCCCCCC(C[CH]CCC(C)C)CC(C)CC. The van der Waals surface area contributed by atoms with E-state index in [-0.39, 0.29) is 0 Å². The maximum Gasteiger partial charge on any atom is -0.0383 e. The summed E-state index contributed by atoms with van der Waals surface area (Å²) in [6, 6.07) is 0. The summed E-state index contributed by atoms with van der Waals surface area (Å²) in [5.41, 5.74) is 0. The molecule has 2 unspecified atom stereocenters. The summed E-state index contributed by atoms with van der Waals surface area (Å²) in [5.74, 6) is 2.72. The van der Waals surface area contributed by atoms with Gasteiger partial charge in [0, 0.05) is 0 Å². The fourth-order valence-corrected chi connectivity index (χ4v) is 2.73. The number of unbranched alkanes of at least 4 members (excludes halogenated alkanes) is 4. The first-order chi connectivity index (χ1) is 9.10. The van der Waals surface area contributed by atoms with Crippen molar-refractivity contribution in [1.82, 2.24) is 0 Å². The molecule has 0 heteroatoms. The molecule has 0 aliphatic heterocycles. The van der Waals surface area contributed by atoms with Crippen LogP contribution in [-0.4, -0.2) is 0 Å². The summed E-state index contributed by atoms with van der Waals surface area (Å²) in [6.45, 7) is 11.7. The van der Waals surface area contributed by atoms with Gasteiger partial charge in [-0.15, -0.1) is 0 Å². The molecule has 0 bridgehead atoms. The van der Waals surface area contributed by atoms with Gasteiger partial charge in [-0.3, -0.25) is 0 Å². The third-order valence-corrected chi connectivity index (χ3v) is 4.35. The van der Waals surface area contributed by atoms with Crippen molar-refractivity contribution in [3.05, 3.63) is 6.42 Å². The Balaban J connectivity index is 3.82. The molecule has 19 heavy (non-hydrogen) atoms. The van der Waals surface area contributed by atoms with Crippen molar-refractivity contribution >= 4 is 0 Å². The van der Waals surface area contributed by atoms with Crippen LogP contribution in [0.15, 0.2) is 0 Å². The Labute approximate surface area is 123 Å². The molecule has 0 saturated heterocycles. The minimum atomic E-state index is 0.855. The van der Waals surface area contributed by atoms with Crippen molar-refractivity contribution in [3.63, 3.8) is 0 Å². The number of rotatable bonds is 13. The Kier molecular flexibility index (Phi) is 13.0. The second kappa shape index (κ2) is 13.0. The van der Waals surface area contributed by atoms with Gasteiger partial charge in [-0.25, -0.2) is 0 Å². The van der Waals surface area contributed by atoms with Crippen molar-refractivity contribution in [2.75, 3.05) is 0 Å². The highest BCUT2D eigenvalue weighted by Crippen LogP contribution is 2.26. The maximum absolute atomic E-state index is 2.58. The molecule has 0 fully saturated rings. The first-order valence-corrected chi connectivity index (χ1v) is 8.91. The van der Waals surface area contributed by atoms with E-state index in [9.17, 15) is 0 Å². The monoisotopic (exact) mass is 267 g/mol. The van der Waals surface area contributed by atoms with Crippen LogP contribution in [0.1, 0.15) is 98.8 Å². The molecule has 0 aromatic rings. The molecule has 115 valence electrons. The molecule has 1 radical (unpaired) electrons. The molecule has 0 aliphatic carbocycles. The third kappa shape index (κ3) is 12.8. The molecule has 0 amide bonds. The highest BCUT2D eigenvalue weighted by atomic mass is 14.2. The van der Waals surface area contributed by atoms with Gasteiger partial charge in [0.15, 0.2) is 0 Å².